The molecule has 0 aromatic heterocycles. The average molecular weight is 680 g/mol. The lowest BCUT2D eigenvalue weighted by Crippen LogP contribution is -2.69. The van der Waals surface area contributed by atoms with Gasteiger partial charge in [-0.25, -0.2) is 0 Å². The standard InChI is InChI=1S/C29H49N3O15/c1-14-18(30-11-33)21(37)25(41-5)28(44-14)47-26-22(38)19(31-12-34)15(2)45-29(26)46-24-20(32-13-35)16(3)43-27(23(24)39)42-10-8-6-7-9-17(36)40-4/h11-16,18-29,37-39H,6-10H2,1-5H3,(H,30,33)(H,31,34)(H,32,35)/t14-,15-,16-,18-,19-,20-,21+,22+,23+,24+,25+,26+,27+,28-,29-/m1/s1. The topological polar surface area (TPSA) is 239 Å². The number of carbonyl (C=O) groups excluding carboxylic acids is 4. The van der Waals surface area contributed by atoms with Gasteiger partial charge in [-0.05, 0) is 33.6 Å². The van der Waals surface area contributed by atoms with Crippen molar-refractivity contribution < 1.29 is 72.4 Å². The molecule has 0 aliphatic carbocycles. The zero-order valence-electron chi connectivity index (χ0n) is 27.2. The summed E-state index contributed by atoms with van der Waals surface area (Å²) in [6.07, 6.45) is -10.8. The molecule has 0 unspecified atom stereocenters. The van der Waals surface area contributed by atoms with Crippen LogP contribution in [0, 0.1) is 0 Å². The normalized spacial score (nSPS) is 40.6. The van der Waals surface area contributed by atoms with E-state index in [1.807, 2.05) is 0 Å². The molecule has 6 N–H and O–H groups in total. The Hall–Kier alpha value is -2.52. The van der Waals surface area contributed by atoms with E-state index in [4.69, 9.17) is 33.2 Å². The van der Waals surface area contributed by atoms with Crippen LogP contribution < -0.4 is 16.0 Å². The van der Waals surface area contributed by atoms with Crippen molar-refractivity contribution in [2.45, 2.75) is 138 Å². The van der Waals surface area contributed by atoms with E-state index in [0.29, 0.717) is 38.5 Å². The number of hydrogen-bond acceptors (Lipinski definition) is 15. The molecule has 18 heteroatoms. The fraction of sp³-hybridized carbons (Fsp3) is 0.862. The summed E-state index contributed by atoms with van der Waals surface area (Å²) in [5.74, 6) is -0.308. The zero-order valence-corrected chi connectivity index (χ0v) is 27.2. The Morgan fingerprint density at radius 1 is 0.660 bits per heavy atom. The molecule has 3 heterocycles. The van der Waals surface area contributed by atoms with Gasteiger partial charge in [0.1, 0.15) is 36.6 Å². The Labute approximate surface area is 273 Å². The Balaban J connectivity index is 1.81. The van der Waals surface area contributed by atoms with Crippen molar-refractivity contribution in [3.05, 3.63) is 0 Å². The van der Waals surface area contributed by atoms with Crippen molar-refractivity contribution in [3.8, 4) is 0 Å². The summed E-state index contributed by atoms with van der Waals surface area (Å²) in [5.41, 5.74) is 0. The molecule has 18 nitrogen and oxygen atoms in total. The molecule has 3 aliphatic heterocycles. The summed E-state index contributed by atoms with van der Waals surface area (Å²) in [4.78, 5) is 45.4. The van der Waals surface area contributed by atoms with E-state index in [2.05, 4.69) is 20.7 Å². The van der Waals surface area contributed by atoms with Gasteiger partial charge in [-0.3, -0.25) is 19.2 Å². The first-order valence-corrected chi connectivity index (χ1v) is 15.6. The molecule has 0 spiro atoms. The molecule has 3 fully saturated rings. The van der Waals surface area contributed by atoms with E-state index in [1.165, 1.54) is 14.2 Å². The van der Waals surface area contributed by atoms with Gasteiger partial charge in [0, 0.05) is 20.1 Å². The van der Waals surface area contributed by atoms with Gasteiger partial charge >= 0.3 is 5.97 Å². The largest absolute Gasteiger partial charge is 0.469 e. The minimum Gasteiger partial charge on any atom is -0.469 e. The second-order valence-corrected chi connectivity index (χ2v) is 11.7. The lowest BCUT2D eigenvalue weighted by molar-refractivity contribution is -0.367. The maximum absolute atomic E-state index is 11.6. The number of esters is 1. The maximum Gasteiger partial charge on any atom is 0.305 e. The van der Waals surface area contributed by atoms with E-state index in [-0.39, 0.29) is 19.0 Å². The molecule has 0 radical (unpaired) electrons. The first-order chi connectivity index (χ1) is 22.5. The number of unbranched alkanes of at least 4 members (excludes halogenated alkanes) is 2. The summed E-state index contributed by atoms with van der Waals surface area (Å²) < 4.78 is 46.2. The van der Waals surface area contributed by atoms with Gasteiger partial charge in [-0.1, -0.05) is 6.42 Å². The highest BCUT2D eigenvalue weighted by atomic mass is 16.8. The molecule has 15 atom stereocenters. The Kier molecular flexibility index (Phi) is 15.6. The average Bonchev–Trinajstić information content (AvgIpc) is 3.04. The van der Waals surface area contributed by atoms with Gasteiger partial charge < -0.3 is 69.2 Å². The molecule has 3 rings (SSSR count). The van der Waals surface area contributed by atoms with Crippen LogP contribution in [0.1, 0.15) is 46.5 Å². The number of carbonyl (C=O) groups is 4. The number of ether oxygens (including phenoxy) is 8. The molecule has 47 heavy (non-hydrogen) atoms. The minimum absolute atomic E-state index is 0.187. The van der Waals surface area contributed by atoms with Gasteiger partial charge in [-0.15, -0.1) is 0 Å². The third kappa shape index (κ3) is 9.78. The van der Waals surface area contributed by atoms with Crippen LogP contribution in [0.15, 0.2) is 0 Å². The Morgan fingerprint density at radius 2 is 1.15 bits per heavy atom. The van der Waals surface area contributed by atoms with Crippen LogP contribution in [-0.4, -0.2) is 153 Å². The monoisotopic (exact) mass is 679 g/mol. The SMILES string of the molecule is COC(=O)CCCCCO[C@H]1O[C@H](C)[C@@H](NC=O)[C@H](O[C@H]2O[C@H](C)[C@@H](NC=O)[C@H](O)[C@@H]2O[C@H]2O[C@H](C)[C@@H](NC=O)[C@H](O)[C@@H]2OC)[C@@H]1O. The molecule has 270 valence electrons. The summed E-state index contributed by atoms with van der Waals surface area (Å²) >= 11 is 0. The highest BCUT2D eigenvalue weighted by molar-refractivity contribution is 5.68. The van der Waals surface area contributed by atoms with Crippen LogP contribution in [0.2, 0.25) is 0 Å². The summed E-state index contributed by atoms with van der Waals surface area (Å²) in [5, 5.41) is 41.3. The molecule has 0 saturated carbocycles. The summed E-state index contributed by atoms with van der Waals surface area (Å²) in [6, 6.07) is -2.70. The van der Waals surface area contributed by atoms with Gasteiger partial charge in [0.2, 0.25) is 19.2 Å². The summed E-state index contributed by atoms with van der Waals surface area (Å²) in [6.45, 7) is 5.03. The fourth-order valence-corrected chi connectivity index (χ4v) is 6.06. The molecular formula is C29H49N3O15. The second kappa shape index (κ2) is 18.9. The molecule has 0 aromatic rings. The fourth-order valence-electron chi connectivity index (χ4n) is 6.06. The first kappa shape index (κ1) is 38.9. The zero-order chi connectivity index (χ0) is 34.7. The van der Waals surface area contributed by atoms with E-state index in [0.717, 1.165) is 0 Å². The van der Waals surface area contributed by atoms with E-state index in [9.17, 15) is 34.5 Å². The number of aliphatic hydroxyl groups is 3. The van der Waals surface area contributed by atoms with Crippen molar-refractivity contribution in [1.29, 1.82) is 0 Å². The van der Waals surface area contributed by atoms with Crippen LogP contribution in [0.4, 0.5) is 0 Å². The number of aliphatic hydroxyl groups excluding tert-OH is 3. The molecule has 0 aromatic carbocycles. The molecule has 3 amide bonds. The quantitative estimate of drug-likeness (QED) is 0.0487. The molecule has 3 aliphatic rings. The Morgan fingerprint density at radius 3 is 1.70 bits per heavy atom. The molecule has 0 bridgehead atoms. The maximum atomic E-state index is 11.6. The van der Waals surface area contributed by atoms with E-state index in [1.54, 1.807) is 20.8 Å². The number of methoxy groups -OCH3 is 2. The number of rotatable bonds is 18. The second-order valence-electron chi connectivity index (χ2n) is 11.7. The number of amides is 3. The van der Waals surface area contributed by atoms with Crippen LogP contribution in [0.25, 0.3) is 0 Å². The van der Waals surface area contributed by atoms with Crippen LogP contribution in [0.3, 0.4) is 0 Å². The van der Waals surface area contributed by atoms with E-state index < -0.39 is 91.9 Å². The molecular weight excluding hydrogens is 630 g/mol. The lowest BCUT2D eigenvalue weighted by atomic mass is 9.94. The van der Waals surface area contributed by atoms with Gasteiger partial charge in [-0.2, -0.15) is 0 Å². The van der Waals surface area contributed by atoms with Crippen molar-refractivity contribution >= 4 is 25.2 Å². The highest BCUT2D eigenvalue weighted by Gasteiger charge is 2.53. The van der Waals surface area contributed by atoms with Gasteiger partial charge in [0.05, 0.1) is 43.5 Å². The van der Waals surface area contributed by atoms with Crippen LogP contribution in [0.5, 0.6) is 0 Å². The van der Waals surface area contributed by atoms with Gasteiger partial charge in [0.25, 0.3) is 0 Å². The van der Waals surface area contributed by atoms with Crippen molar-refractivity contribution in [1.82, 2.24) is 16.0 Å². The number of nitrogens with one attached hydrogen (secondary N) is 3. The lowest BCUT2D eigenvalue weighted by Gasteiger charge is -2.50. The van der Waals surface area contributed by atoms with Crippen LogP contribution >= 0.6 is 0 Å². The van der Waals surface area contributed by atoms with Crippen molar-refractivity contribution in [2.24, 2.45) is 0 Å². The van der Waals surface area contributed by atoms with Crippen molar-refractivity contribution in [2.75, 3.05) is 20.8 Å². The minimum atomic E-state index is -1.46. The molecule has 3 saturated heterocycles. The number of hydrogen-bond donors (Lipinski definition) is 6. The highest BCUT2D eigenvalue weighted by Crippen LogP contribution is 2.33. The van der Waals surface area contributed by atoms with E-state index >= 15 is 0 Å². The van der Waals surface area contributed by atoms with Crippen molar-refractivity contribution in [3.63, 3.8) is 0 Å². The third-order valence-corrected chi connectivity index (χ3v) is 8.65. The van der Waals surface area contributed by atoms with Crippen LogP contribution in [-0.2, 0) is 57.1 Å². The van der Waals surface area contributed by atoms with Gasteiger partial charge in [0.15, 0.2) is 18.9 Å². The smallest absolute Gasteiger partial charge is 0.305 e. The Bertz CT molecular complexity index is 997. The summed E-state index contributed by atoms with van der Waals surface area (Å²) in [7, 11) is 2.62. The predicted octanol–water partition coefficient (Wildman–Crippen LogP) is -2.82. The predicted molar refractivity (Wildman–Crippen MR) is 157 cm³/mol. The third-order valence-electron chi connectivity index (χ3n) is 8.65. The first-order valence-electron chi connectivity index (χ1n) is 15.6.